The van der Waals surface area contributed by atoms with Crippen LogP contribution in [0, 0.1) is 5.82 Å². The maximum absolute atomic E-state index is 13.4. The molecule has 3 aromatic rings. The second kappa shape index (κ2) is 8.09. The van der Waals surface area contributed by atoms with Gasteiger partial charge in [0, 0.05) is 43.7 Å². The molecule has 0 unspecified atom stereocenters. The van der Waals surface area contributed by atoms with E-state index in [2.05, 4.69) is 9.97 Å². The smallest absolute Gasteiger partial charge is 0.256 e. The molecule has 3 heterocycles. The molecule has 2 aromatic heterocycles. The quantitative estimate of drug-likeness (QED) is 0.739. The van der Waals surface area contributed by atoms with Gasteiger partial charge >= 0.3 is 0 Å². The lowest BCUT2D eigenvalue weighted by Crippen LogP contribution is -2.47. The van der Waals surface area contributed by atoms with Crippen LogP contribution in [0.25, 0.3) is 11.3 Å². The lowest BCUT2D eigenvalue weighted by molar-refractivity contribution is -0.0162. The normalized spacial score (nSPS) is 15.9. The van der Waals surface area contributed by atoms with Crippen LogP contribution in [0.2, 0.25) is 0 Å². The van der Waals surface area contributed by atoms with Crippen molar-refractivity contribution in [2.75, 3.05) is 13.1 Å². The monoisotopic (exact) mass is 391 g/mol. The van der Waals surface area contributed by atoms with Crippen molar-refractivity contribution in [3.8, 4) is 11.3 Å². The Bertz CT molecular complexity index is 1000. The van der Waals surface area contributed by atoms with E-state index in [-0.39, 0.29) is 11.7 Å². The first-order valence-corrected chi connectivity index (χ1v) is 9.66. The van der Waals surface area contributed by atoms with E-state index in [4.69, 9.17) is 0 Å². The highest BCUT2D eigenvalue weighted by Crippen LogP contribution is 2.29. The van der Waals surface area contributed by atoms with E-state index in [1.165, 1.54) is 12.1 Å². The van der Waals surface area contributed by atoms with Gasteiger partial charge in [-0.05, 0) is 54.8 Å². The predicted molar refractivity (Wildman–Crippen MR) is 108 cm³/mol. The zero-order chi connectivity index (χ0) is 20.3. The molecule has 0 aliphatic carbocycles. The van der Waals surface area contributed by atoms with Crippen molar-refractivity contribution in [2.24, 2.45) is 0 Å². The van der Waals surface area contributed by atoms with Crippen molar-refractivity contribution in [1.29, 1.82) is 0 Å². The minimum atomic E-state index is -0.937. The van der Waals surface area contributed by atoms with Crippen molar-refractivity contribution in [2.45, 2.75) is 24.9 Å². The lowest BCUT2D eigenvalue weighted by Gasteiger charge is -2.38. The number of hydrogen-bond acceptors (Lipinski definition) is 4. The van der Waals surface area contributed by atoms with E-state index in [0.29, 0.717) is 43.6 Å². The van der Waals surface area contributed by atoms with Crippen LogP contribution in [-0.4, -0.2) is 44.6 Å². The average molecular weight is 391 g/mol. The van der Waals surface area contributed by atoms with Gasteiger partial charge in [0.15, 0.2) is 0 Å². The lowest BCUT2D eigenvalue weighted by atomic mass is 9.85. The molecule has 1 fully saturated rings. The highest BCUT2D eigenvalue weighted by Gasteiger charge is 2.35. The number of amides is 1. The molecule has 148 valence electrons. The van der Waals surface area contributed by atoms with Crippen molar-refractivity contribution >= 4 is 5.91 Å². The van der Waals surface area contributed by atoms with Gasteiger partial charge in [-0.1, -0.05) is 12.1 Å². The molecule has 5 nitrogen and oxygen atoms in total. The maximum Gasteiger partial charge on any atom is 0.256 e. The van der Waals surface area contributed by atoms with Crippen LogP contribution >= 0.6 is 0 Å². The summed E-state index contributed by atoms with van der Waals surface area (Å²) in [5, 5.41) is 10.9. The Balaban J connectivity index is 1.47. The fourth-order valence-electron chi connectivity index (χ4n) is 3.82. The van der Waals surface area contributed by atoms with Crippen molar-refractivity contribution in [1.82, 2.24) is 14.9 Å². The summed E-state index contributed by atoms with van der Waals surface area (Å²) < 4.78 is 13.4. The third-order valence-electron chi connectivity index (χ3n) is 5.40. The summed E-state index contributed by atoms with van der Waals surface area (Å²) >= 11 is 0. The summed E-state index contributed by atoms with van der Waals surface area (Å²) in [6, 6.07) is 13.5. The Kier molecular flexibility index (Phi) is 5.36. The Morgan fingerprint density at radius 1 is 1.07 bits per heavy atom. The maximum atomic E-state index is 13.4. The van der Waals surface area contributed by atoms with Crippen LogP contribution in [0.3, 0.4) is 0 Å². The largest absolute Gasteiger partial charge is 0.389 e. The van der Waals surface area contributed by atoms with Crippen molar-refractivity contribution < 1.29 is 14.3 Å². The molecule has 1 amide bonds. The first kappa shape index (κ1) is 19.2. The number of hydrogen-bond donors (Lipinski definition) is 1. The van der Waals surface area contributed by atoms with Gasteiger partial charge in [-0.2, -0.15) is 0 Å². The van der Waals surface area contributed by atoms with Crippen LogP contribution in [0.1, 0.15) is 28.8 Å². The molecule has 0 spiro atoms. The van der Waals surface area contributed by atoms with Gasteiger partial charge in [0.05, 0.1) is 16.9 Å². The van der Waals surface area contributed by atoms with Crippen LogP contribution in [0.4, 0.5) is 4.39 Å². The van der Waals surface area contributed by atoms with Gasteiger partial charge in [0.1, 0.15) is 5.82 Å². The minimum absolute atomic E-state index is 0.0993. The van der Waals surface area contributed by atoms with E-state index in [0.717, 1.165) is 11.1 Å². The molecular formula is C23H22FN3O2. The number of carbonyl (C=O) groups excluding carboxylic acids is 1. The Labute approximate surface area is 168 Å². The molecule has 4 rings (SSSR count). The van der Waals surface area contributed by atoms with Crippen molar-refractivity contribution in [3.63, 3.8) is 0 Å². The van der Waals surface area contributed by atoms with E-state index < -0.39 is 5.60 Å². The molecule has 0 atom stereocenters. The number of aromatic nitrogens is 2. The number of carbonyl (C=O) groups is 1. The Hall–Kier alpha value is -3.12. The zero-order valence-electron chi connectivity index (χ0n) is 16.0. The minimum Gasteiger partial charge on any atom is -0.389 e. The third kappa shape index (κ3) is 4.32. The summed E-state index contributed by atoms with van der Waals surface area (Å²) in [5.41, 5.74) is 1.82. The molecular weight excluding hydrogens is 369 g/mol. The number of benzene rings is 1. The topological polar surface area (TPSA) is 66.3 Å². The predicted octanol–water partition coefficient (Wildman–Crippen LogP) is 3.49. The average Bonchev–Trinajstić information content (AvgIpc) is 2.74. The molecule has 6 heteroatoms. The fourth-order valence-corrected chi connectivity index (χ4v) is 3.82. The third-order valence-corrected chi connectivity index (χ3v) is 5.40. The standard InChI is InChI=1S/C23H22FN3O2/c24-19-4-1-3-17(15-19)16-23(29)8-13-27(14-9-23)22(28)20-5-2-10-26-21(20)18-6-11-25-12-7-18/h1-7,10-12,15,29H,8-9,13-14,16H2. The van der Waals surface area contributed by atoms with E-state index >= 15 is 0 Å². The highest BCUT2D eigenvalue weighted by molar-refractivity contribution is 5.99. The summed E-state index contributed by atoms with van der Waals surface area (Å²) in [7, 11) is 0. The molecule has 1 aliphatic heterocycles. The number of likely N-dealkylation sites (tertiary alicyclic amines) is 1. The summed E-state index contributed by atoms with van der Waals surface area (Å²) in [6.07, 6.45) is 6.28. The first-order valence-electron chi connectivity index (χ1n) is 9.66. The van der Waals surface area contributed by atoms with Gasteiger partial charge in [-0.15, -0.1) is 0 Å². The van der Waals surface area contributed by atoms with Gasteiger partial charge in [-0.3, -0.25) is 14.8 Å². The van der Waals surface area contributed by atoms with Gasteiger partial charge in [-0.25, -0.2) is 4.39 Å². The molecule has 0 saturated carbocycles. The molecule has 1 aromatic carbocycles. The second-order valence-electron chi connectivity index (χ2n) is 7.46. The molecule has 1 aliphatic rings. The first-order chi connectivity index (χ1) is 14.0. The number of nitrogens with zero attached hydrogens (tertiary/aromatic N) is 3. The van der Waals surface area contributed by atoms with Gasteiger partial charge < -0.3 is 10.0 Å². The summed E-state index contributed by atoms with van der Waals surface area (Å²) in [4.78, 5) is 23.3. The molecule has 0 bridgehead atoms. The fraction of sp³-hybridized carbons (Fsp3) is 0.261. The molecule has 29 heavy (non-hydrogen) atoms. The number of halogens is 1. The van der Waals surface area contributed by atoms with E-state index in [1.54, 1.807) is 41.7 Å². The molecule has 1 N–H and O–H groups in total. The molecule has 1 saturated heterocycles. The number of rotatable bonds is 4. The van der Waals surface area contributed by atoms with E-state index in [9.17, 15) is 14.3 Å². The van der Waals surface area contributed by atoms with Gasteiger partial charge in [0.25, 0.3) is 5.91 Å². The highest BCUT2D eigenvalue weighted by atomic mass is 19.1. The van der Waals surface area contributed by atoms with Crippen LogP contribution in [-0.2, 0) is 6.42 Å². The number of piperidine rings is 1. The van der Waals surface area contributed by atoms with E-state index in [1.807, 2.05) is 18.2 Å². The zero-order valence-corrected chi connectivity index (χ0v) is 16.0. The summed E-state index contributed by atoms with van der Waals surface area (Å²) in [6.45, 7) is 0.880. The van der Waals surface area contributed by atoms with Crippen LogP contribution in [0.5, 0.6) is 0 Å². The SMILES string of the molecule is O=C(c1cccnc1-c1ccncc1)N1CCC(O)(Cc2cccc(F)c2)CC1. The summed E-state index contributed by atoms with van der Waals surface area (Å²) in [5.74, 6) is -0.406. The Morgan fingerprint density at radius 3 is 2.55 bits per heavy atom. The van der Waals surface area contributed by atoms with Crippen molar-refractivity contribution in [3.05, 3.63) is 84.1 Å². The number of pyridine rings is 2. The molecule has 0 radical (unpaired) electrons. The Morgan fingerprint density at radius 2 is 1.83 bits per heavy atom. The van der Waals surface area contributed by atoms with Crippen LogP contribution < -0.4 is 0 Å². The second-order valence-corrected chi connectivity index (χ2v) is 7.46. The van der Waals surface area contributed by atoms with Crippen LogP contribution in [0.15, 0.2) is 67.1 Å². The number of aliphatic hydroxyl groups is 1. The van der Waals surface area contributed by atoms with Gasteiger partial charge in [0.2, 0.25) is 0 Å².